The van der Waals surface area contributed by atoms with Gasteiger partial charge in [0.2, 0.25) is 5.95 Å². The predicted molar refractivity (Wildman–Crippen MR) is 54.3 cm³/mol. The summed E-state index contributed by atoms with van der Waals surface area (Å²) in [5.74, 6) is 0.452. The lowest BCUT2D eigenvalue weighted by Crippen LogP contribution is -2.06. The first-order valence-corrected chi connectivity index (χ1v) is 3.89. The molecule has 0 fully saturated rings. The molecule has 5 N–H and O–H groups in total. The lowest BCUT2D eigenvalue weighted by atomic mass is 10.4. The van der Waals surface area contributed by atoms with Crippen molar-refractivity contribution >= 4 is 29.1 Å². The van der Waals surface area contributed by atoms with Gasteiger partial charge in [0.05, 0.1) is 0 Å². The second-order valence-electron chi connectivity index (χ2n) is 2.54. The molecular weight excluding hydrogens is 190 g/mol. The van der Waals surface area contributed by atoms with E-state index in [1.165, 1.54) is 0 Å². The van der Waals surface area contributed by atoms with Gasteiger partial charge in [0, 0.05) is 5.70 Å². The van der Waals surface area contributed by atoms with Crippen LogP contribution in [0.3, 0.4) is 0 Å². The van der Waals surface area contributed by atoms with E-state index in [1.54, 1.807) is 6.92 Å². The fraction of sp³-hybridized carbons (Fsp3) is 0.143. The molecule has 1 rings (SSSR count). The van der Waals surface area contributed by atoms with Gasteiger partial charge in [-0.2, -0.15) is 9.97 Å². The highest BCUT2D eigenvalue weighted by atomic mass is 35.5. The van der Waals surface area contributed by atoms with Crippen LogP contribution in [0.25, 0.3) is 0 Å². The van der Waals surface area contributed by atoms with Crippen LogP contribution in [0, 0.1) is 0 Å². The molecule has 0 aliphatic carbocycles. The Kier molecular flexibility index (Phi) is 2.57. The SMILES string of the molecule is C=C(C)Nc1nc(N)nc(Cl)c1N. The van der Waals surface area contributed by atoms with Gasteiger partial charge in [-0.05, 0) is 6.92 Å². The van der Waals surface area contributed by atoms with Gasteiger partial charge in [-0.1, -0.05) is 18.2 Å². The number of nitrogens with zero attached hydrogens (tertiary/aromatic N) is 2. The maximum Gasteiger partial charge on any atom is 0.223 e. The summed E-state index contributed by atoms with van der Waals surface area (Å²) < 4.78 is 0. The van der Waals surface area contributed by atoms with Crippen molar-refractivity contribution in [3.05, 3.63) is 17.4 Å². The van der Waals surface area contributed by atoms with E-state index in [2.05, 4.69) is 21.9 Å². The Bertz CT molecular complexity index is 349. The minimum atomic E-state index is 0.0722. The number of nitrogens with one attached hydrogen (secondary N) is 1. The van der Waals surface area contributed by atoms with E-state index in [9.17, 15) is 0 Å². The molecule has 0 unspecified atom stereocenters. The zero-order valence-corrected chi connectivity index (χ0v) is 7.89. The molecule has 70 valence electrons. The van der Waals surface area contributed by atoms with Gasteiger partial charge >= 0.3 is 0 Å². The van der Waals surface area contributed by atoms with E-state index in [1.807, 2.05) is 0 Å². The molecule has 1 heterocycles. The quantitative estimate of drug-likeness (QED) is 0.624. The summed E-state index contributed by atoms with van der Waals surface area (Å²) >= 11 is 5.68. The first-order chi connectivity index (χ1) is 6.00. The van der Waals surface area contributed by atoms with Gasteiger partial charge in [0.1, 0.15) is 5.69 Å². The van der Waals surface area contributed by atoms with Crippen molar-refractivity contribution in [1.82, 2.24) is 9.97 Å². The van der Waals surface area contributed by atoms with E-state index in [0.717, 1.165) is 0 Å². The van der Waals surface area contributed by atoms with E-state index in [4.69, 9.17) is 23.1 Å². The van der Waals surface area contributed by atoms with Gasteiger partial charge in [0.15, 0.2) is 11.0 Å². The Balaban J connectivity index is 3.12. The molecule has 0 saturated heterocycles. The summed E-state index contributed by atoms with van der Waals surface area (Å²) in [7, 11) is 0. The van der Waals surface area contributed by atoms with Crippen molar-refractivity contribution in [2.45, 2.75) is 6.92 Å². The fourth-order valence-electron chi connectivity index (χ4n) is 0.756. The molecule has 0 amide bonds. The fourth-order valence-corrected chi connectivity index (χ4v) is 0.932. The van der Waals surface area contributed by atoms with Crippen LogP contribution < -0.4 is 16.8 Å². The second-order valence-corrected chi connectivity index (χ2v) is 2.90. The highest BCUT2D eigenvalue weighted by Gasteiger charge is 2.07. The first-order valence-electron chi connectivity index (χ1n) is 3.51. The lowest BCUT2D eigenvalue weighted by Gasteiger charge is -2.08. The zero-order valence-electron chi connectivity index (χ0n) is 7.13. The summed E-state index contributed by atoms with van der Waals surface area (Å²) in [6, 6.07) is 0. The van der Waals surface area contributed by atoms with Crippen LogP contribution in [0.5, 0.6) is 0 Å². The van der Waals surface area contributed by atoms with Crippen molar-refractivity contribution < 1.29 is 0 Å². The van der Waals surface area contributed by atoms with Gasteiger partial charge in [-0.25, -0.2) is 0 Å². The molecule has 0 radical (unpaired) electrons. The average Bonchev–Trinajstić information content (AvgIpc) is 1.98. The summed E-state index contributed by atoms with van der Waals surface area (Å²) in [4.78, 5) is 7.54. The predicted octanol–water partition coefficient (Wildman–Crippen LogP) is 1.24. The lowest BCUT2D eigenvalue weighted by molar-refractivity contribution is 1.17. The molecule has 0 aliphatic rings. The van der Waals surface area contributed by atoms with Crippen molar-refractivity contribution in [3.8, 4) is 0 Å². The highest BCUT2D eigenvalue weighted by Crippen LogP contribution is 2.24. The van der Waals surface area contributed by atoms with Crippen molar-refractivity contribution in [3.63, 3.8) is 0 Å². The third-order valence-electron chi connectivity index (χ3n) is 1.25. The minimum absolute atomic E-state index is 0.0722. The van der Waals surface area contributed by atoms with Crippen LogP contribution in [-0.4, -0.2) is 9.97 Å². The highest BCUT2D eigenvalue weighted by molar-refractivity contribution is 6.32. The standard InChI is InChI=1S/C7H10ClN5/c1-3(2)11-6-4(9)5(8)12-7(10)13-6/h1,9H2,2H3,(H3,10,11,12,13). The maximum absolute atomic E-state index is 5.68. The van der Waals surface area contributed by atoms with Crippen LogP contribution in [0.2, 0.25) is 5.15 Å². The Morgan fingerprint density at radius 1 is 1.46 bits per heavy atom. The number of rotatable bonds is 2. The largest absolute Gasteiger partial charge is 0.393 e. The molecule has 1 aromatic heterocycles. The summed E-state index contributed by atoms with van der Waals surface area (Å²) in [6.07, 6.45) is 0. The van der Waals surface area contributed by atoms with Crippen LogP contribution in [0.1, 0.15) is 6.92 Å². The molecule has 0 aromatic carbocycles. The van der Waals surface area contributed by atoms with E-state index < -0.39 is 0 Å². The monoisotopic (exact) mass is 199 g/mol. The third-order valence-corrected chi connectivity index (χ3v) is 1.54. The number of hydrogen-bond donors (Lipinski definition) is 3. The second kappa shape index (κ2) is 3.49. The first kappa shape index (κ1) is 9.60. The number of allylic oxidation sites excluding steroid dienone is 1. The Morgan fingerprint density at radius 2 is 2.08 bits per heavy atom. The van der Waals surface area contributed by atoms with Gasteiger partial charge < -0.3 is 16.8 Å². The van der Waals surface area contributed by atoms with Crippen molar-refractivity contribution in [2.75, 3.05) is 16.8 Å². The molecule has 0 atom stereocenters. The van der Waals surface area contributed by atoms with Crippen LogP contribution in [-0.2, 0) is 0 Å². The molecule has 0 aliphatic heterocycles. The normalized spacial score (nSPS) is 9.69. The number of aromatic nitrogens is 2. The number of hydrogen-bond acceptors (Lipinski definition) is 5. The van der Waals surface area contributed by atoms with Crippen LogP contribution in [0.15, 0.2) is 12.3 Å². The maximum atomic E-state index is 5.68. The van der Waals surface area contributed by atoms with Crippen molar-refractivity contribution in [1.29, 1.82) is 0 Å². The molecule has 0 saturated carbocycles. The Morgan fingerprint density at radius 3 is 2.62 bits per heavy atom. The molecule has 1 aromatic rings. The van der Waals surface area contributed by atoms with E-state index >= 15 is 0 Å². The number of anilines is 3. The smallest absolute Gasteiger partial charge is 0.223 e. The molecule has 6 heteroatoms. The molecule has 5 nitrogen and oxygen atoms in total. The van der Waals surface area contributed by atoms with Gasteiger partial charge in [0.25, 0.3) is 0 Å². The molecule has 0 spiro atoms. The van der Waals surface area contributed by atoms with Gasteiger partial charge in [-0.15, -0.1) is 0 Å². The van der Waals surface area contributed by atoms with Crippen LogP contribution in [0.4, 0.5) is 17.5 Å². The van der Waals surface area contributed by atoms with Gasteiger partial charge in [-0.3, -0.25) is 0 Å². The summed E-state index contributed by atoms with van der Waals surface area (Å²) in [5.41, 5.74) is 11.9. The zero-order chi connectivity index (χ0) is 10.0. The number of halogens is 1. The Labute approximate surface area is 80.8 Å². The minimum Gasteiger partial charge on any atom is -0.393 e. The van der Waals surface area contributed by atoms with E-state index in [-0.39, 0.29) is 16.8 Å². The van der Waals surface area contributed by atoms with E-state index in [0.29, 0.717) is 11.5 Å². The topological polar surface area (TPSA) is 89.8 Å². The third kappa shape index (κ3) is 2.22. The molecule has 0 bridgehead atoms. The van der Waals surface area contributed by atoms with Crippen molar-refractivity contribution in [2.24, 2.45) is 0 Å². The number of nitrogen functional groups attached to an aromatic ring is 2. The molecule has 13 heavy (non-hydrogen) atoms. The summed E-state index contributed by atoms with van der Waals surface area (Å²) in [6.45, 7) is 5.41. The van der Waals surface area contributed by atoms with Crippen LogP contribution >= 0.6 is 11.6 Å². The average molecular weight is 200 g/mol. The number of nitrogens with two attached hydrogens (primary N) is 2. The molecular formula is C7H10ClN5. The summed E-state index contributed by atoms with van der Waals surface area (Å²) in [5, 5.41) is 2.96. The Hall–Kier alpha value is -1.49.